The van der Waals surface area contributed by atoms with E-state index in [1.807, 2.05) is 25.1 Å². The molecule has 2 aromatic carbocycles. The van der Waals surface area contributed by atoms with Gasteiger partial charge in [-0.05, 0) is 0 Å². The molecule has 21 heavy (non-hydrogen) atoms. The van der Waals surface area contributed by atoms with E-state index in [1.54, 1.807) is 12.1 Å². The van der Waals surface area contributed by atoms with Crippen LogP contribution in [0.25, 0.3) is 11.0 Å². The average Bonchev–Trinajstić information content (AvgIpc) is 2.96. The van der Waals surface area contributed by atoms with E-state index in [-0.39, 0.29) is 26.8 Å². The second kappa shape index (κ2) is 5.84. The summed E-state index contributed by atoms with van der Waals surface area (Å²) >= 11 is -0.0747. The summed E-state index contributed by atoms with van der Waals surface area (Å²) in [6.45, 7) is 1.92. The molecule has 0 spiro atoms. The second-order valence-corrected chi connectivity index (χ2v) is 5.80. The van der Waals surface area contributed by atoms with Crippen molar-refractivity contribution in [1.29, 1.82) is 0 Å². The van der Waals surface area contributed by atoms with E-state index < -0.39 is 0 Å². The molecule has 4 nitrogen and oxygen atoms in total. The van der Waals surface area contributed by atoms with Crippen molar-refractivity contribution >= 4 is 31.7 Å². The van der Waals surface area contributed by atoms with Gasteiger partial charge in [0.05, 0.1) is 0 Å². The van der Waals surface area contributed by atoms with Gasteiger partial charge in [0.1, 0.15) is 0 Å². The zero-order valence-electron chi connectivity index (χ0n) is 11.6. The van der Waals surface area contributed by atoms with E-state index in [9.17, 15) is 4.39 Å². The fourth-order valence-electron chi connectivity index (χ4n) is 2.22. The third-order valence-electron chi connectivity index (χ3n) is 3.33. The first-order valence-corrected chi connectivity index (χ1v) is 8.03. The van der Waals surface area contributed by atoms with Crippen LogP contribution in [0.15, 0.2) is 36.4 Å². The van der Waals surface area contributed by atoms with Crippen LogP contribution < -0.4 is 10.1 Å². The van der Waals surface area contributed by atoms with Crippen LogP contribution in [0, 0.1) is 5.82 Å². The van der Waals surface area contributed by atoms with Gasteiger partial charge in [0.2, 0.25) is 0 Å². The van der Waals surface area contributed by atoms with E-state index >= 15 is 0 Å². The summed E-state index contributed by atoms with van der Waals surface area (Å²) in [7, 11) is 1.52. The van der Waals surface area contributed by atoms with Crippen LogP contribution in [0.4, 0.5) is 10.1 Å². The molecule has 0 amide bonds. The first-order valence-electron chi connectivity index (χ1n) is 6.50. The Balaban J connectivity index is 1.89. The molecule has 1 unspecified atom stereocenters. The van der Waals surface area contributed by atoms with Crippen molar-refractivity contribution in [3.05, 3.63) is 47.8 Å². The predicted octanol–water partition coefficient (Wildman–Crippen LogP) is 3.01. The molecule has 1 heterocycles. The van der Waals surface area contributed by atoms with E-state index in [0.717, 1.165) is 16.7 Å². The third-order valence-corrected chi connectivity index (χ3v) is 4.47. The molecule has 0 aliphatic heterocycles. The molecule has 1 aromatic heterocycles. The van der Waals surface area contributed by atoms with Crippen molar-refractivity contribution in [2.75, 3.05) is 12.4 Å². The zero-order chi connectivity index (χ0) is 14.8. The normalized spacial score (nSPS) is 12.3. The number of hydrogen-bond donors (Lipinski definition) is 1. The summed E-state index contributed by atoms with van der Waals surface area (Å²) in [6.07, 6.45) is 0. The maximum absolute atomic E-state index is 14.1. The van der Waals surface area contributed by atoms with Crippen LogP contribution in [0.3, 0.4) is 0 Å². The van der Waals surface area contributed by atoms with Crippen LogP contribution in [0.5, 0.6) is 5.75 Å². The number of aromatic nitrogens is 2. The first kappa shape index (κ1) is 14.0. The summed E-state index contributed by atoms with van der Waals surface area (Å²) in [4.78, 5) is 0. The number of nitrogens with zero attached hydrogens (tertiary/aromatic N) is 2. The van der Waals surface area contributed by atoms with E-state index in [4.69, 9.17) is 4.74 Å². The number of methoxy groups -OCH3 is 1. The zero-order valence-corrected chi connectivity index (χ0v) is 13.3. The summed E-state index contributed by atoms with van der Waals surface area (Å²) in [5.41, 5.74) is 3.26. The monoisotopic (exact) mass is 351 g/mol. The summed E-state index contributed by atoms with van der Waals surface area (Å²) in [5.74, 6) is 0.230. The first-order chi connectivity index (χ1) is 10.2. The minimum absolute atomic E-state index is 0.0747. The molecule has 6 heteroatoms. The number of anilines is 1. The van der Waals surface area contributed by atoms with Gasteiger partial charge in [0, 0.05) is 0 Å². The minimum atomic E-state index is -0.284. The summed E-state index contributed by atoms with van der Waals surface area (Å²) < 4.78 is 27.9. The molecule has 0 radical (unpaired) electrons. The van der Waals surface area contributed by atoms with Crippen molar-refractivity contribution in [1.82, 2.24) is 7.96 Å². The van der Waals surface area contributed by atoms with Crippen LogP contribution in [-0.4, -0.2) is 30.0 Å². The molecule has 0 bridgehead atoms. The summed E-state index contributed by atoms with van der Waals surface area (Å²) in [5, 5.41) is 3.31. The van der Waals surface area contributed by atoms with Gasteiger partial charge >= 0.3 is 128 Å². The van der Waals surface area contributed by atoms with Crippen molar-refractivity contribution < 1.29 is 9.13 Å². The van der Waals surface area contributed by atoms with Crippen LogP contribution in [0.2, 0.25) is 0 Å². The van der Waals surface area contributed by atoms with Gasteiger partial charge in [-0.15, -0.1) is 0 Å². The number of nitrogens with one attached hydrogen (secondary N) is 1. The van der Waals surface area contributed by atoms with Crippen molar-refractivity contribution in [2.45, 2.75) is 13.0 Å². The average molecular weight is 350 g/mol. The van der Waals surface area contributed by atoms with E-state index in [2.05, 4.69) is 13.3 Å². The molecule has 3 aromatic rings. The Labute approximate surface area is 128 Å². The molecule has 1 atom stereocenters. The fourth-order valence-corrected chi connectivity index (χ4v) is 3.37. The Morgan fingerprint density at radius 2 is 2.10 bits per heavy atom. The number of ether oxygens (including phenoxy) is 1. The van der Waals surface area contributed by atoms with Crippen LogP contribution in [-0.2, 0) is 0 Å². The van der Waals surface area contributed by atoms with Crippen LogP contribution >= 0.6 is 0 Å². The molecular weight excluding hydrogens is 336 g/mol. The Morgan fingerprint density at radius 3 is 2.86 bits per heavy atom. The molecule has 108 valence electrons. The quantitative estimate of drug-likeness (QED) is 0.735. The molecule has 1 N–H and O–H groups in total. The van der Waals surface area contributed by atoms with E-state index in [1.165, 1.54) is 13.2 Å². The SMILES string of the molecule is COc1ccc(C(C)Nc2cccc3n[se]nc23)c(F)c1. The van der Waals surface area contributed by atoms with Gasteiger partial charge < -0.3 is 0 Å². The van der Waals surface area contributed by atoms with E-state index in [0.29, 0.717) is 11.3 Å². The van der Waals surface area contributed by atoms with Crippen molar-refractivity contribution in [3.8, 4) is 5.75 Å². The van der Waals surface area contributed by atoms with Gasteiger partial charge in [-0.25, -0.2) is 0 Å². The number of halogens is 1. The van der Waals surface area contributed by atoms with Crippen LogP contribution in [0.1, 0.15) is 18.5 Å². The van der Waals surface area contributed by atoms with Gasteiger partial charge in [0.25, 0.3) is 0 Å². The Bertz CT molecular complexity index is 774. The predicted molar refractivity (Wildman–Crippen MR) is 81.5 cm³/mol. The Morgan fingerprint density at radius 1 is 1.24 bits per heavy atom. The topological polar surface area (TPSA) is 47.0 Å². The number of benzene rings is 2. The van der Waals surface area contributed by atoms with Crippen molar-refractivity contribution in [2.24, 2.45) is 0 Å². The third kappa shape index (κ3) is 2.77. The number of fused-ring (bicyclic) bond motifs is 1. The van der Waals surface area contributed by atoms with Gasteiger partial charge in [-0.1, -0.05) is 0 Å². The number of hydrogen-bond acceptors (Lipinski definition) is 4. The maximum atomic E-state index is 14.1. The second-order valence-electron chi connectivity index (χ2n) is 4.69. The molecule has 0 fully saturated rings. The fraction of sp³-hybridized carbons (Fsp3) is 0.200. The molecule has 3 rings (SSSR count). The van der Waals surface area contributed by atoms with Gasteiger partial charge in [0.15, 0.2) is 0 Å². The molecule has 0 saturated carbocycles. The standard InChI is InChI=1S/C15H14FN3OSe/c1-9(11-7-6-10(20-2)8-12(11)16)17-13-4-3-5-14-15(13)19-21-18-14/h3-9,17H,1-2H3. The molecular formula is C15H14FN3OSe. The van der Waals surface area contributed by atoms with Crippen molar-refractivity contribution in [3.63, 3.8) is 0 Å². The molecule has 0 aliphatic rings. The molecule has 0 aliphatic carbocycles. The summed E-state index contributed by atoms with van der Waals surface area (Å²) in [6, 6.07) is 10.5. The van der Waals surface area contributed by atoms with Gasteiger partial charge in [-0.3, -0.25) is 0 Å². The number of rotatable bonds is 4. The Hall–Kier alpha value is -1.91. The van der Waals surface area contributed by atoms with Gasteiger partial charge in [-0.2, -0.15) is 0 Å². The molecule has 0 saturated heterocycles. The Kier molecular flexibility index (Phi) is 3.90.